The van der Waals surface area contributed by atoms with Gasteiger partial charge in [-0.15, -0.1) is 0 Å². The molecular weight excluding hydrogens is 442 g/mol. The van der Waals surface area contributed by atoms with Gasteiger partial charge in [0.15, 0.2) is 5.41 Å². The molecule has 0 aliphatic carbocycles. The van der Waals surface area contributed by atoms with Crippen molar-refractivity contribution < 1.29 is 39.3 Å². The van der Waals surface area contributed by atoms with Crippen LogP contribution in [0.15, 0.2) is 0 Å². The molecule has 0 bridgehead atoms. The van der Waals surface area contributed by atoms with E-state index in [0.29, 0.717) is 25.7 Å². The fourth-order valence-corrected chi connectivity index (χ4v) is 4.27. The molecule has 34 heavy (non-hydrogen) atoms. The van der Waals surface area contributed by atoms with Gasteiger partial charge in [-0.05, 0) is 25.7 Å². The third-order valence-corrected chi connectivity index (χ3v) is 6.40. The SMILES string of the molecule is NOC(=O)C(CCCCCCCCCCC(=O)O)(CCCCCCCCCCC(=O)O)C(=O)O. The molecule has 198 valence electrons. The third kappa shape index (κ3) is 15.6. The molecule has 5 N–H and O–H groups in total. The summed E-state index contributed by atoms with van der Waals surface area (Å²) in [6.07, 6.45) is 14.8. The predicted molar refractivity (Wildman–Crippen MR) is 128 cm³/mol. The quantitative estimate of drug-likeness (QED) is 0.0787. The average Bonchev–Trinajstić information content (AvgIpc) is 2.78. The van der Waals surface area contributed by atoms with Crippen molar-refractivity contribution in [2.24, 2.45) is 11.3 Å². The van der Waals surface area contributed by atoms with Crippen molar-refractivity contribution in [3.63, 3.8) is 0 Å². The van der Waals surface area contributed by atoms with E-state index in [9.17, 15) is 24.3 Å². The second-order valence-electron chi connectivity index (χ2n) is 9.24. The monoisotopic (exact) mass is 487 g/mol. The normalized spacial score (nSPS) is 11.3. The number of hydrogen-bond acceptors (Lipinski definition) is 6. The number of carbonyl (C=O) groups excluding carboxylic acids is 1. The number of carboxylic acid groups (broad SMARTS) is 3. The molecule has 0 spiro atoms. The summed E-state index contributed by atoms with van der Waals surface area (Å²) >= 11 is 0. The van der Waals surface area contributed by atoms with E-state index in [-0.39, 0.29) is 25.7 Å². The second-order valence-corrected chi connectivity index (χ2v) is 9.24. The molecule has 0 saturated heterocycles. The van der Waals surface area contributed by atoms with Gasteiger partial charge in [0.2, 0.25) is 0 Å². The van der Waals surface area contributed by atoms with E-state index in [1.165, 1.54) is 0 Å². The molecule has 0 atom stereocenters. The predicted octanol–water partition coefficient (Wildman–Crippen LogP) is 5.45. The highest BCUT2D eigenvalue weighted by molar-refractivity contribution is 5.99. The maximum atomic E-state index is 12.3. The zero-order chi connectivity index (χ0) is 25.7. The summed E-state index contributed by atoms with van der Waals surface area (Å²) in [5.41, 5.74) is -1.59. The molecule has 0 radical (unpaired) electrons. The Kier molecular flexibility index (Phi) is 18.9. The van der Waals surface area contributed by atoms with E-state index in [4.69, 9.17) is 16.1 Å². The van der Waals surface area contributed by atoms with Crippen LogP contribution in [0.4, 0.5) is 0 Å². The molecule has 0 heterocycles. The molecule has 0 aromatic rings. The Morgan fingerprint density at radius 1 is 0.529 bits per heavy atom. The van der Waals surface area contributed by atoms with Gasteiger partial charge in [-0.2, -0.15) is 5.90 Å². The van der Waals surface area contributed by atoms with Gasteiger partial charge >= 0.3 is 23.9 Å². The van der Waals surface area contributed by atoms with E-state index in [1.807, 2.05) is 0 Å². The van der Waals surface area contributed by atoms with Gasteiger partial charge in [-0.1, -0.05) is 89.9 Å². The van der Waals surface area contributed by atoms with Crippen LogP contribution in [0.2, 0.25) is 0 Å². The van der Waals surface area contributed by atoms with Crippen LogP contribution in [0.5, 0.6) is 0 Å². The van der Waals surface area contributed by atoms with Crippen molar-refractivity contribution in [1.29, 1.82) is 0 Å². The van der Waals surface area contributed by atoms with E-state index in [1.54, 1.807) is 0 Å². The molecule has 9 nitrogen and oxygen atoms in total. The van der Waals surface area contributed by atoms with Gasteiger partial charge < -0.3 is 20.2 Å². The highest BCUT2D eigenvalue weighted by Crippen LogP contribution is 2.34. The second kappa shape index (κ2) is 20.2. The molecule has 0 amide bonds. The number of aliphatic carboxylic acids is 3. The van der Waals surface area contributed by atoms with Gasteiger partial charge in [0.25, 0.3) is 0 Å². The maximum Gasteiger partial charge on any atom is 0.341 e. The highest BCUT2D eigenvalue weighted by Gasteiger charge is 2.46. The number of hydrogen-bond donors (Lipinski definition) is 4. The number of unbranched alkanes of at least 4 members (excludes halogenated alkanes) is 14. The van der Waals surface area contributed by atoms with Gasteiger partial charge in [-0.3, -0.25) is 14.4 Å². The first kappa shape index (κ1) is 31.8. The lowest BCUT2D eigenvalue weighted by atomic mass is 9.77. The molecule has 0 rings (SSSR count). The molecular formula is C25H45NO8. The number of rotatable bonds is 24. The lowest BCUT2D eigenvalue weighted by Crippen LogP contribution is -2.42. The Morgan fingerprint density at radius 2 is 0.824 bits per heavy atom. The Bertz CT molecular complexity index is 559. The van der Waals surface area contributed by atoms with Crippen LogP contribution in [0, 0.1) is 5.41 Å². The number of carboxylic acids is 3. The van der Waals surface area contributed by atoms with Crippen LogP contribution in [0.25, 0.3) is 0 Å². The molecule has 0 unspecified atom stereocenters. The first-order valence-electron chi connectivity index (χ1n) is 12.8. The summed E-state index contributed by atoms with van der Waals surface area (Å²) in [6.45, 7) is 0. The van der Waals surface area contributed by atoms with Crippen molar-refractivity contribution in [2.45, 2.75) is 128 Å². The number of carbonyl (C=O) groups is 4. The van der Waals surface area contributed by atoms with E-state index in [2.05, 4.69) is 4.84 Å². The van der Waals surface area contributed by atoms with Gasteiger partial charge in [-0.25, -0.2) is 4.79 Å². The van der Waals surface area contributed by atoms with Crippen LogP contribution in [-0.2, 0) is 24.0 Å². The van der Waals surface area contributed by atoms with Crippen LogP contribution < -0.4 is 5.90 Å². The Balaban J connectivity index is 4.17. The first-order chi connectivity index (χ1) is 16.3. The van der Waals surface area contributed by atoms with Crippen LogP contribution in [0.1, 0.15) is 128 Å². The third-order valence-electron chi connectivity index (χ3n) is 6.40. The highest BCUT2D eigenvalue weighted by atomic mass is 16.7. The largest absolute Gasteiger partial charge is 0.481 e. The van der Waals surface area contributed by atoms with E-state index >= 15 is 0 Å². The Morgan fingerprint density at radius 3 is 1.09 bits per heavy atom. The van der Waals surface area contributed by atoms with Gasteiger partial charge in [0.1, 0.15) is 0 Å². The average molecular weight is 488 g/mol. The molecule has 0 aliphatic heterocycles. The Hall–Kier alpha value is -2.16. The molecule has 0 aromatic carbocycles. The van der Waals surface area contributed by atoms with Crippen molar-refractivity contribution in [2.75, 3.05) is 0 Å². The Labute approximate surface area is 203 Å². The molecule has 0 aromatic heterocycles. The molecule has 0 saturated carbocycles. The summed E-state index contributed by atoms with van der Waals surface area (Å²) in [7, 11) is 0. The molecule has 0 fully saturated rings. The minimum atomic E-state index is -1.59. The smallest absolute Gasteiger partial charge is 0.341 e. The standard InChI is InChI=1S/C25H45NO8/c26-34-24(33)25(23(31)32,19-15-11-7-3-1-5-9-13-17-21(27)28)20-16-12-8-4-2-6-10-14-18-22(29)30/h1-20,26H2,(H,27,28)(H,29,30)(H,31,32). The van der Waals surface area contributed by atoms with Gasteiger partial charge in [0.05, 0.1) is 0 Å². The topological polar surface area (TPSA) is 164 Å². The van der Waals surface area contributed by atoms with Gasteiger partial charge in [0, 0.05) is 12.8 Å². The zero-order valence-corrected chi connectivity index (χ0v) is 20.6. The first-order valence-corrected chi connectivity index (χ1v) is 12.8. The molecule has 0 aliphatic rings. The number of nitrogens with two attached hydrogens (primary N) is 1. The van der Waals surface area contributed by atoms with Crippen molar-refractivity contribution in [3.8, 4) is 0 Å². The fourth-order valence-electron chi connectivity index (χ4n) is 4.27. The lowest BCUT2D eigenvalue weighted by molar-refractivity contribution is -0.171. The summed E-state index contributed by atoms with van der Waals surface area (Å²) < 4.78 is 0. The van der Waals surface area contributed by atoms with Crippen LogP contribution in [-0.4, -0.2) is 39.2 Å². The lowest BCUT2D eigenvalue weighted by Gasteiger charge is -2.26. The van der Waals surface area contributed by atoms with Crippen molar-refractivity contribution in [1.82, 2.24) is 0 Å². The van der Waals surface area contributed by atoms with Crippen LogP contribution >= 0.6 is 0 Å². The van der Waals surface area contributed by atoms with Crippen LogP contribution in [0.3, 0.4) is 0 Å². The summed E-state index contributed by atoms with van der Waals surface area (Å²) in [5, 5.41) is 27.0. The zero-order valence-electron chi connectivity index (χ0n) is 20.6. The van der Waals surface area contributed by atoms with E-state index in [0.717, 1.165) is 77.0 Å². The summed E-state index contributed by atoms with van der Waals surface area (Å²) in [5.74, 6) is 1.49. The summed E-state index contributed by atoms with van der Waals surface area (Å²) in [6, 6.07) is 0. The fraction of sp³-hybridized carbons (Fsp3) is 0.840. The minimum absolute atomic E-state index is 0.209. The molecule has 9 heteroatoms. The maximum absolute atomic E-state index is 12.3. The summed E-state index contributed by atoms with van der Waals surface area (Å²) in [4.78, 5) is 49.6. The van der Waals surface area contributed by atoms with E-state index < -0.39 is 29.3 Å². The van der Waals surface area contributed by atoms with Crippen molar-refractivity contribution >= 4 is 23.9 Å². The van der Waals surface area contributed by atoms with Crippen molar-refractivity contribution in [3.05, 3.63) is 0 Å². The minimum Gasteiger partial charge on any atom is -0.481 e.